The van der Waals surface area contributed by atoms with E-state index in [4.69, 9.17) is 20.3 Å². The molecule has 0 fully saturated rings. The van der Waals surface area contributed by atoms with E-state index in [1.165, 1.54) is 19.4 Å². The third-order valence-corrected chi connectivity index (χ3v) is 2.70. The van der Waals surface area contributed by atoms with Crippen molar-refractivity contribution in [1.29, 1.82) is 0 Å². The molecule has 0 aliphatic rings. The number of methoxy groups -OCH3 is 1. The predicted molar refractivity (Wildman–Crippen MR) is 74.1 cm³/mol. The Morgan fingerprint density at radius 3 is 2.75 bits per heavy atom. The largest absolute Gasteiger partial charge is 0.493 e. The number of urea groups is 1. The van der Waals surface area contributed by atoms with E-state index < -0.39 is 18.6 Å². The molecule has 0 saturated carbocycles. The van der Waals surface area contributed by atoms with Gasteiger partial charge in [-0.15, -0.1) is 0 Å². The highest BCUT2D eigenvalue weighted by atomic mass is 79.9. The molecule has 2 amide bonds. The summed E-state index contributed by atoms with van der Waals surface area (Å²) in [4.78, 5) is 21.0. The number of amides is 2. The van der Waals surface area contributed by atoms with E-state index >= 15 is 0 Å². The number of hydrogen-bond acceptors (Lipinski definition) is 5. The van der Waals surface area contributed by atoms with Crippen LogP contribution in [0, 0.1) is 0 Å². The highest BCUT2D eigenvalue weighted by molar-refractivity contribution is 9.10. The number of nitrogens with two attached hydrogens (primary N) is 1. The van der Waals surface area contributed by atoms with E-state index in [1.807, 2.05) is 0 Å². The van der Waals surface area contributed by atoms with Crippen LogP contribution in [-0.2, 0) is 4.79 Å². The number of halogens is 1. The highest BCUT2D eigenvalue weighted by Crippen LogP contribution is 2.32. The summed E-state index contributed by atoms with van der Waals surface area (Å²) in [5.74, 6) is -0.503. The number of hydrogen-bond donors (Lipinski definition) is 3. The van der Waals surface area contributed by atoms with Crippen LogP contribution < -0.4 is 20.6 Å². The second-order valence-corrected chi connectivity index (χ2v) is 4.30. The van der Waals surface area contributed by atoms with Gasteiger partial charge in [0.2, 0.25) is 0 Å². The number of nitrogens with one attached hydrogen (secondary N) is 1. The quantitative estimate of drug-likeness (QED) is 0.522. The first-order valence-corrected chi connectivity index (χ1v) is 6.04. The second-order valence-electron chi connectivity index (χ2n) is 3.44. The summed E-state index contributed by atoms with van der Waals surface area (Å²) in [5, 5.41) is 12.2. The van der Waals surface area contributed by atoms with Crippen molar-refractivity contribution in [1.82, 2.24) is 5.43 Å². The first-order chi connectivity index (χ1) is 9.43. The van der Waals surface area contributed by atoms with Gasteiger partial charge in [-0.3, -0.25) is 0 Å². The predicted octanol–water partition coefficient (Wildman–Crippen LogP) is 0.923. The van der Waals surface area contributed by atoms with Crippen molar-refractivity contribution in [2.24, 2.45) is 10.8 Å². The zero-order valence-corrected chi connectivity index (χ0v) is 12.0. The van der Waals surface area contributed by atoms with Crippen LogP contribution in [-0.4, -0.2) is 37.0 Å². The molecule has 108 valence electrons. The first-order valence-electron chi connectivity index (χ1n) is 5.24. The molecule has 0 bridgehead atoms. The molecule has 0 atom stereocenters. The Labute approximate surface area is 122 Å². The van der Waals surface area contributed by atoms with Gasteiger partial charge >= 0.3 is 12.0 Å². The van der Waals surface area contributed by atoms with Crippen molar-refractivity contribution in [2.75, 3.05) is 13.7 Å². The van der Waals surface area contributed by atoms with E-state index in [-0.39, 0.29) is 5.75 Å². The lowest BCUT2D eigenvalue weighted by molar-refractivity contribution is -0.139. The van der Waals surface area contributed by atoms with Gasteiger partial charge in [0.1, 0.15) is 0 Å². The molecule has 0 saturated heterocycles. The van der Waals surface area contributed by atoms with Crippen molar-refractivity contribution in [2.45, 2.75) is 0 Å². The fraction of sp³-hybridized carbons (Fsp3) is 0.182. The summed E-state index contributed by atoms with van der Waals surface area (Å²) in [6.07, 6.45) is 1.35. The van der Waals surface area contributed by atoms with Crippen LogP contribution in [0.4, 0.5) is 4.79 Å². The van der Waals surface area contributed by atoms with Crippen molar-refractivity contribution < 1.29 is 24.2 Å². The van der Waals surface area contributed by atoms with Crippen LogP contribution >= 0.6 is 15.9 Å². The molecule has 1 aromatic rings. The molecule has 4 N–H and O–H groups in total. The summed E-state index contributed by atoms with van der Waals surface area (Å²) in [5.41, 5.74) is 7.50. The van der Waals surface area contributed by atoms with Crippen LogP contribution in [0.25, 0.3) is 0 Å². The molecule has 20 heavy (non-hydrogen) atoms. The fourth-order valence-electron chi connectivity index (χ4n) is 1.23. The maximum atomic E-state index is 10.5. The molecule has 0 heterocycles. The average Bonchev–Trinajstić information content (AvgIpc) is 2.37. The molecule has 0 unspecified atom stereocenters. The number of benzene rings is 1. The second kappa shape index (κ2) is 7.34. The number of hydrazone groups is 1. The highest BCUT2D eigenvalue weighted by Gasteiger charge is 2.10. The monoisotopic (exact) mass is 345 g/mol. The summed E-state index contributed by atoms with van der Waals surface area (Å²) in [6.45, 7) is -0.487. The maximum absolute atomic E-state index is 10.5. The van der Waals surface area contributed by atoms with E-state index in [0.29, 0.717) is 15.8 Å². The molecule has 1 rings (SSSR count). The van der Waals surface area contributed by atoms with Crippen molar-refractivity contribution in [3.8, 4) is 11.5 Å². The zero-order valence-electron chi connectivity index (χ0n) is 10.4. The molecule has 0 spiro atoms. The minimum atomic E-state index is -1.10. The van der Waals surface area contributed by atoms with Gasteiger partial charge in [-0.25, -0.2) is 15.0 Å². The number of primary amides is 1. The minimum absolute atomic E-state index is 0.266. The van der Waals surface area contributed by atoms with Gasteiger partial charge in [-0.05, 0) is 28.1 Å². The Hall–Kier alpha value is -2.29. The van der Waals surface area contributed by atoms with Gasteiger partial charge in [0, 0.05) is 10.0 Å². The molecule has 0 radical (unpaired) electrons. The summed E-state index contributed by atoms with van der Waals surface area (Å²) in [6, 6.07) is 2.31. The lowest BCUT2D eigenvalue weighted by atomic mass is 10.2. The number of rotatable bonds is 6. The van der Waals surface area contributed by atoms with Gasteiger partial charge in [0.05, 0.1) is 13.3 Å². The van der Waals surface area contributed by atoms with Gasteiger partial charge in [-0.2, -0.15) is 5.10 Å². The summed E-state index contributed by atoms with van der Waals surface area (Å²) < 4.78 is 10.7. The van der Waals surface area contributed by atoms with E-state index in [0.717, 1.165) is 0 Å². The van der Waals surface area contributed by atoms with Gasteiger partial charge < -0.3 is 20.3 Å². The number of carboxylic acids is 1. The number of carbonyl (C=O) groups is 2. The Kier molecular flexibility index (Phi) is 5.78. The molecular formula is C11H12BrN3O5. The molecule has 8 nitrogen and oxygen atoms in total. The van der Waals surface area contributed by atoms with E-state index in [9.17, 15) is 9.59 Å². The number of carbonyl (C=O) groups excluding carboxylic acids is 1. The normalized spacial score (nSPS) is 10.3. The first kappa shape index (κ1) is 15.8. The topological polar surface area (TPSA) is 123 Å². The van der Waals surface area contributed by atoms with Crippen LogP contribution in [0.3, 0.4) is 0 Å². The van der Waals surface area contributed by atoms with Gasteiger partial charge in [0.25, 0.3) is 0 Å². The number of carboxylic acid groups (broad SMARTS) is 1. The zero-order chi connectivity index (χ0) is 15.1. The van der Waals surface area contributed by atoms with Crippen LogP contribution in [0.2, 0.25) is 0 Å². The minimum Gasteiger partial charge on any atom is -0.493 e. The van der Waals surface area contributed by atoms with E-state index in [1.54, 1.807) is 6.07 Å². The maximum Gasteiger partial charge on any atom is 0.341 e. The van der Waals surface area contributed by atoms with Crippen LogP contribution in [0.15, 0.2) is 21.7 Å². The molecular weight excluding hydrogens is 334 g/mol. The molecule has 0 aromatic heterocycles. The van der Waals surface area contributed by atoms with Gasteiger partial charge in [0.15, 0.2) is 18.1 Å². The number of nitrogens with zero attached hydrogens (tertiary/aromatic N) is 1. The molecule has 9 heteroatoms. The molecule has 0 aliphatic carbocycles. The lowest BCUT2D eigenvalue weighted by Gasteiger charge is -2.11. The van der Waals surface area contributed by atoms with Crippen molar-refractivity contribution in [3.05, 3.63) is 22.2 Å². The Morgan fingerprint density at radius 2 is 2.20 bits per heavy atom. The fourth-order valence-corrected chi connectivity index (χ4v) is 1.65. The summed E-state index contributed by atoms with van der Waals surface area (Å²) in [7, 11) is 1.42. The van der Waals surface area contributed by atoms with Gasteiger partial charge in [-0.1, -0.05) is 0 Å². The summed E-state index contributed by atoms with van der Waals surface area (Å²) >= 11 is 3.27. The standard InChI is InChI=1S/C11H12BrN3O5/c1-19-8-2-6(4-14-15-11(13)18)7(12)3-9(8)20-5-10(16)17/h2-4H,5H2,1H3,(H,16,17)(H3,13,15,18)/b14-4+. The van der Waals surface area contributed by atoms with Crippen molar-refractivity contribution >= 4 is 34.1 Å². The number of ether oxygens (including phenoxy) is 2. The van der Waals surface area contributed by atoms with E-state index in [2.05, 4.69) is 26.5 Å². The Morgan fingerprint density at radius 1 is 1.50 bits per heavy atom. The van der Waals surface area contributed by atoms with Crippen LogP contribution in [0.5, 0.6) is 11.5 Å². The third-order valence-electron chi connectivity index (χ3n) is 2.01. The third kappa shape index (κ3) is 4.76. The SMILES string of the molecule is COc1cc(/C=N/NC(N)=O)c(Br)cc1OCC(=O)O. The number of aliphatic carboxylic acids is 1. The Balaban J connectivity index is 2.97. The van der Waals surface area contributed by atoms with Crippen molar-refractivity contribution in [3.63, 3.8) is 0 Å². The molecule has 1 aromatic carbocycles. The average molecular weight is 346 g/mol. The Bertz CT molecular complexity index is 547. The smallest absolute Gasteiger partial charge is 0.341 e. The lowest BCUT2D eigenvalue weighted by Crippen LogP contribution is -2.24. The van der Waals surface area contributed by atoms with Crippen LogP contribution in [0.1, 0.15) is 5.56 Å². The molecule has 0 aliphatic heterocycles.